The molecule has 4 aromatic heterocycles. The van der Waals surface area contributed by atoms with E-state index in [0.717, 1.165) is 55.0 Å². The molecule has 0 aliphatic rings. The molecule has 0 radical (unpaired) electrons. The first-order valence-corrected chi connectivity index (χ1v) is 18.7. The van der Waals surface area contributed by atoms with Gasteiger partial charge in [0.2, 0.25) is 5.69 Å². The molecule has 0 aliphatic carbocycles. The number of fused-ring (bicyclic) bond motifs is 10. The number of benzene rings is 7. The van der Waals surface area contributed by atoms with Crippen LogP contribution in [0.3, 0.4) is 0 Å². The molecule has 55 heavy (non-hydrogen) atoms. The third kappa shape index (κ3) is 4.58. The third-order valence-corrected chi connectivity index (χ3v) is 11.7. The Morgan fingerprint density at radius 3 is 2.18 bits per heavy atom. The van der Waals surface area contributed by atoms with Crippen LogP contribution in [0.1, 0.15) is 5.56 Å². The maximum absolute atomic E-state index is 10.8. The van der Waals surface area contributed by atoms with E-state index in [-0.39, 0.29) is 0 Å². The molecule has 0 fully saturated rings. The molecule has 4 heterocycles. The lowest BCUT2D eigenvalue weighted by Gasteiger charge is -2.15. The standard InChI is InChI=1S/C48H25N5OS/c1-50-38-26-29(22-25-40(38)53-39-19-8-5-14-30(39)33-23-24-35-32-16-7-10-21-42(32)55-47(35)45(33)53)44-37(27-49)43(28-12-3-2-4-13-28)51-48(52-44)36-18-11-17-34-31-15-6-9-20-41(31)54-46(34)36/h2-26H. The molecule has 7 heteroatoms. The van der Waals surface area contributed by atoms with E-state index >= 15 is 0 Å². The first kappa shape index (κ1) is 31.0. The second kappa shape index (κ2) is 12.0. The normalized spacial score (nSPS) is 11.6. The van der Waals surface area contributed by atoms with Gasteiger partial charge in [-0.3, -0.25) is 0 Å². The maximum atomic E-state index is 10.8. The van der Waals surface area contributed by atoms with Crippen molar-refractivity contribution in [2.45, 2.75) is 0 Å². The molecule has 0 bridgehead atoms. The molecular weight excluding hydrogens is 695 g/mol. The lowest BCUT2D eigenvalue weighted by molar-refractivity contribution is 0.669. The molecule has 0 aliphatic heterocycles. The lowest BCUT2D eigenvalue weighted by Crippen LogP contribution is -2.02. The van der Waals surface area contributed by atoms with Gasteiger partial charge in [0.05, 0.1) is 44.9 Å². The van der Waals surface area contributed by atoms with Crippen LogP contribution < -0.4 is 0 Å². The highest BCUT2D eigenvalue weighted by Crippen LogP contribution is 2.45. The number of nitriles is 1. The minimum atomic E-state index is 0.333. The summed E-state index contributed by atoms with van der Waals surface area (Å²) < 4.78 is 11.0. The van der Waals surface area contributed by atoms with E-state index in [4.69, 9.17) is 21.0 Å². The Labute approximate surface area is 318 Å². The largest absolute Gasteiger partial charge is 0.455 e. The Balaban J connectivity index is 1.17. The van der Waals surface area contributed by atoms with E-state index in [9.17, 15) is 5.26 Å². The molecule has 0 spiro atoms. The summed E-state index contributed by atoms with van der Waals surface area (Å²) in [5, 5.41) is 17.4. The lowest BCUT2D eigenvalue weighted by atomic mass is 9.99. The van der Waals surface area contributed by atoms with Gasteiger partial charge < -0.3 is 8.98 Å². The molecule has 254 valence electrons. The van der Waals surface area contributed by atoms with E-state index in [0.29, 0.717) is 39.6 Å². The topological polar surface area (TPSA) is 72.0 Å². The summed E-state index contributed by atoms with van der Waals surface area (Å²) in [6.07, 6.45) is 0. The molecule has 0 saturated carbocycles. The summed E-state index contributed by atoms with van der Waals surface area (Å²) in [6.45, 7) is 8.51. The second-order valence-electron chi connectivity index (χ2n) is 13.5. The first-order chi connectivity index (χ1) is 27.2. The third-order valence-electron chi connectivity index (χ3n) is 10.5. The van der Waals surface area contributed by atoms with Crippen molar-refractivity contribution in [3.8, 4) is 45.7 Å². The van der Waals surface area contributed by atoms with Crippen LogP contribution in [-0.2, 0) is 0 Å². The molecule has 6 nitrogen and oxygen atoms in total. The average molecular weight is 720 g/mol. The van der Waals surface area contributed by atoms with Crippen molar-refractivity contribution in [1.82, 2.24) is 14.5 Å². The van der Waals surface area contributed by atoms with Crippen molar-refractivity contribution < 1.29 is 4.42 Å². The van der Waals surface area contributed by atoms with Gasteiger partial charge in [-0.15, -0.1) is 11.3 Å². The monoisotopic (exact) mass is 719 g/mol. The van der Waals surface area contributed by atoms with Crippen LogP contribution in [0.4, 0.5) is 5.69 Å². The molecule has 0 saturated heterocycles. The number of hydrogen-bond donors (Lipinski definition) is 0. The number of aromatic nitrogens is 3. The molecule has 7 aromatic carbocycles. The minimum absolute atomic E-state index is 0.333. The van der Waals surface area contributed by atoms with E-state index in [1.165, 1.54) is 20.2 Å². The van der Waals surface area contributed by atoms with E-state index < -0.39 is 0 Å². The second-order valence-corrected chi connectivity index (χ2v) is 14.5. The average Bonchev–Trinajstić information content (AvgIpc) is 3.93. The Morgan fingerprint density at radius 1 is 0.636 bits per heavy atom. The Kier molecular flexibility index (Phi) is 6.75. The van der Waals surface area contributed by atoms with Gasteiger partial charge in [-0.2, -0.15) is 5.26 Å². The van der Waals surface area contributed by atoms with Crippen molar-refractivity contribution in [3.05, 3.63) is 169 Å². The Hall–Kier alpha value is -7.58. The fourth-order valence-corrected chi connectivity index (χ4v) is 9.29. The smallest absolute Gasteiger partial charge is 0.211 e. The predicted molar refractivity (Wildman–Crippen MR) is 224 cm³/mol. The van der Waals surface area contributed by atoms with Gasteiger partial charge in [0, 0.05) is 42.6 Å². The van der Waals surface area contributed by atoms with Crippen LogP contribution in [-0.4, -0.2) is 14.5 Å². The van der Waals surface area contributed by atoms with Crippen LogP contribution in [0.15, 0.2) is 156 Å². The van der Waals surface area contributed by atoms with Crippen LogP contribution in [0.5, 0.6) is 0 Å². The van der Waals surface area contributed by atoms with Crippen LogP contribution in [0, 0.1) is 17.9 Å². The van der Waals surface area contributed by atoms with Crippen LogP contribution in [0.25, 0.3) is 108 Å². The summed E-state index contributed by atoms with van der Waals surface area (Å²) >= 11 is 1.78. The highest BCUT2D eigenvalue weighted by molar-refractivity contribution is 7.26. The van der Waals surface area contributed by atoms with Gasteiger partial charge in [-0.25, -0.2) is 14.8 Å². The predicted octanol–water partition coefficient (Wildman–Crippen LogP) is 13.3. The minimum Gasteiger partial charge on any atom is -0.455 e. The molecule has 0 atom stereocenters. The zero-order valence-electron chi connectivity index (χ0n) is 29.0. The molecular formula is C48H25N5OS. The summed E-state index contributed by atoms with van der Waals surface area (Å²) in [4.78, 5) is 14.3. The fourth-order valence-electron chi connectivity index (χ4n) is 8.05. The fraction of sp³-hybridized carbons (Fsp3) is 0. The number of hydrogen-bond acceptors (Lipinski definition) is 5. The Bertz CT molecular complexity index is 3470. The zero-order chi connectivity index (χ0) is 36.6. The van der Waals surface area contributed by atoms with Crippen molar-refractivity contribution in [1.29, 1.82) is 5.26 Å². The molecule has 0 N–H and O–H groups in total. The highest BCUT2D eigenvalue weighted by atomic mass is 32.1. The molecule has 11 aromatic rings. The first-order valence-electron chi connectivity index (χ1n) is 17.8. The van der Waals surface area contributed by atoms with Crippen LogP contribution in [0.2, 0.25) is 0 Å². The van der Waals surface area contributed by atoms with Gasteiger partial charge in [0.15, 0.2) is 5.82 Å². The van der Waals surface area contributed by atoms with E-state index in [1.807, 2.05) is 97.1 Å². The van der Waals surface area contributed by atoms with Gasteiger partial charge in [-0.05, 0) is 42.0 Å². The molecule has 0 unspecified atom stereocenters. The van der Waals surface area contributed by atoms with E-state index in [2.05, 4.69) is 70.1 Å². The number of para-hydroxylation sites is 3. The summed E-state index contributed by atoms with van der Waals surface area (Å²) in [6, 6.07) is 53.2. The van der Waals surface area contributed by atoms with Gasteiger partial charge in [0.25, 0.3) is 0 Å². The summed E-state index contributed by atoms with van der Waals surface area (Å²) in [7, 11) is 0. The van der Waals surface area contributed by atoms with Crippen molar-refractivity contribution >= 4 is 80.9 Å². The summed E-state index contributed by atoms with van der Waals surface area (Å²) in [5.41, 5.74) is 8.21. The van der Waals surface area contributed by atoms with Crippen LogP contribution >= 0.6 is 11.3 Å². The number of thiophene rings is 1. The number of furan rings is 1. The zero-order valence-corrected chi connectivity index (χ0v) is 29.8. The van der Waals surface area contributed by atoms with Gasteiger partial charge >= 0.3 is 0 Å². The van der Waals surface area contributed by atoms with Crippen molar-refractivity contribution in [2.24, 2.45) is 0 Å². The van der Waals surface area contributed by atoms with Gasteiger partial charge in [-0.1, -0.05) is 115 Å². The quantitative estimate of drug-likeness (QED) is 0.170. The van der Waals surface area contributed by atoms with Gasteiger partial charge in [0.1, 0.15) is 22.8 Å². The SMILES string of the molecule is [C-]#[N+]c1cc(-c2nc(-c3cccc4c3oc3ccccc34)nc(-c3ccccc3)c2C#N)ccc1-n1c2ccccc2c2ccc3c4ccccc4sc3c21. The molecule has 11 rings (SSSR count). The highest BCUT2D eigenvalue weighted by Gasteiger charge is 2.24. The number of rotatable bonds is 4. The van der Waals surface area contributed by atoms with Crippen molar-refractivity contribution in [3.63, 3.8) is 0 Å². The molecule has 0 amide bonds. The number of nitrogens with zero attached hydrogens (tertiary/aromatic N) is 5. The maximum Gasteiger partial charge on any atom is 0.211 e. The van der Waals surface area contributed by atoms with E-state index in [1.54, 1.807) is 11.3 Å². The summed E-state index contributed by atoms with van der Waals surface area (Å²) in [5.74, 6) is 0.431. The van der Waals surface area contributed by atoms with Crippen molar-refractivity contribution in [2.75, 3.05) is 0 Å². The Morgan fingerprint density at radius 2 is 1.35 bits per heavy atom.